The van der Waals surface area contributed by atoms with Gasteiger partial charge in [0.2, 0.25) is 0 Å². The predicted molar refractivity (Wildman–Crippen MR) is 86.2 cm³/mol. The van der Waals surface area contributed by atoms with Crippen LogP contribution in [-0.4, -0.2) is 14.3 Å². The van der Waals surface area contributed by atoms with E-state index in [0.29, 0.717) is 12.1 Å². The molecule has 114 valence electrons. The van der Waals surface area contributed by atoms with Gasteiger partial charge >= 0.3 is 0 Å². The fourth-order valence-electron chi connectivity index (χ4n) is 2.54. The van der Waals surface area contributed by atoms with Crippen LogP contribution in [0, 0.1) is 17.0 Å². The van der Waals surface area contributed by atoms with Crippen molar-refractivity contribution in [3.63, 3.8) is 0 Å². The molecule has 0 saturated carbocycles. The minimum atomic E-state index is -0.338. The topological polar surface area (TPSA) is 72.5 Å². The number of nitrogens with zero attached hydrogens (tertiary/aromatic N) is 3. The first-order valence-electron chi connectivity index (χ1n) is 6.94. The molecule has 0 spiro atoms. The number of aromatic nitrogens is 2. The minimum absolute atomic E-state index is 0.0136. The van der Waals surface area contributed by atoms with Crippen molar-refractivity contribution in [3.05, 3.63) is 62.9 Å². The molecule has 0 aliphatic rings. The maximum absolute atomic E-state index is 11.0. The van der Waals surface area contributed by atoms with E-state index in [1.165, 1.54) is 6.07 Å². The maximum Gasteiger partial charge on any atom is 0.272 e. The van der Waals surface area contributed by atoms with Crippen molar-refractivity contribution in [1.29, 1.82) is 0 Å². The van der Waals surface area contributed by atoms with Crippen molar-refractivity contribution in [3.8, 4) is 0 Å². The highest BCUT2D eigenvalue weighted by atomic mass is 32.1. The maximum atomic E-state index is 11.0. The Balaban J connectivity index is 1.74. The second kappa shape index (κ2) is 5.86. The van der Waals surface area contributed by atoms with Crippen molar-refractivity contribution in [2.75, 3.05) is 0 Å². The molecule has 2 aromatic heterocycles. The summed E-state index contributed by atoms with van der Waals surface area (Å²) in [5.41, 5.74) is 2.77. The Morgan fingerprint density at radius 2 is 2.32 bits per heavy atom. The first-order valence-corrected chi connectivity index (χ1v) is 7.82. The molecule has 1 aromatic carbocycles. The number of fused-ring (bicyclic) bond motifs is 1. The fourth-order valence-corrected chi connectivity index (χ4v) is 3.26. The van der Waals surface area contributed by atoms with E-state index in [9.17, 15) is 10.1 Å². The van der Waals surface area contributed by atoms with Gasteiger partial charge in [-0.15, -0.1) is 11.3 Å². The van der Waals surface area contributed by atoms with E-state index >= 15 is 0 Å². The van der Waals surface area contributed by atoms with Crippen molar-refractivity contribution in [2.45, 2.75) is 26.4 Å². The van der Waals surface area contributed by atoms with Crippen LogP contribution in [0.5, 0.6) is 0 Å². The summed E-state index contributed by atoms with van der Waals surface area (Å²) in [6.07, 6.45) is 3.97. The van der Waals surface area contributed by atoms with Gasteiger partial charge in [0.05, 0.1) is 10.6 Å². The van der Waals surface area contributed by atoms with E-state index in [2.05, 4.69) is 10.3 Å². The minimum Gasteiger partial charge on any atom is -0.304 e. The molecule has 22 heavy (non-hydrogen) atoms. The van der Waals surface area contributed by atoms with Gasteiger partial charge in [0.15, 0.2) is 4.96 Å². The van der Waals surface area contributed by atoms with Crippen LogP contribution in [-0.2, 0) is 6.54 Å². The molecule has 6 nitrogen and oxygen atoms in total. The van der Waals surface area contributed by atoms with Crippen LogP contribution in [0.1, 0.15) is 29.8 Å². The molecule has 1 N–H and O–H groups in total. The Labute approximate surface area is 131 Å². The monoisotopic (exact) mass is 316 g/mol. The highest BCUT2D eigenvalue weighted by Gasteiger charge is 2.17. The van der Waals surface area contributed by atoms with E-state index in [0.717, 1.165) is 16.2 Å². The van der Waals surface area contributed by atoms with Crippen LogP contribution in [0.4, 0.5) is 5.69 Å². The number of rotatable bonds is 5. The zero-order chi connectivity index (χ0) is 15.7. The van der Waals surface area contributed by atoms with Gasteiger partial charge < -0.3 is 5.32 Å². The Hall–Kier alpha value is -2.25. The number of nitro groups is 1. The van der Waals surface area contributed by atoms with Crippen LogP contribution >= 0.6 is 11.3 Å². The normalized spacial score (nSPS) is 12.6. The van der Waals surface area contributed by atoms with Gasteiger partial charge in [0.25, 0.3) is 5.69 Å². The summed E-state index contributed by atoms with van der Waals surface area (Å²) in [5, 5.41) is 16.4. The lowest BCUT2D eigenvalue weighted by atomic mass is 10.0. The van der Waals surface area contributed by atoms with E-state index in [4.69, 9.17) is 0 Å². The zero-order valence-corrected chi connectivity index (χ0v) is 13.1. The van der Waals surface area contributed by atoms with Gasteiger partial charge in [-0.2, -0.15) is 0 Å². The highest BCUT2D eigenvalue weighted by Crippen LogP contribution is 2.26. The third-order valence-electron chi connectivity index (χ3n) is 3.74. The van der Waals surface area contributed by atoms with Crippen molar-refractivity contribution in [2.24, 2.45) is 0 Å². The number of nitro benzene ring substituents is 1. The molecule has 3 rings (SSSR count). The summed E-state index contributed by atoms with van der Waals surface area (Å²) in [5.74, 6) is 0. The summed E-state index contributed by atoms with van der Waals surface area (Å²) < 4.78 is 1.99. The molecule has 0 unspecified atom stereocenters. The number of hydrogen-bond donors (Lipinski definition) is 1. The van der Waals surface area contributed by atoms with Crippen LogP contribution in [0.15, 0.2) is 36.0 Å². The molecule has 0 fully saturated rings. The average Bonchev–Trinajstić information content (AvgIpc) is 3.05. The average molecular weight is 316 g/mol. The lowest BCUT2D eigenvalue weighted by molar-refractivity contribution is -0.385. The lowest BCUT2D eigenvalue weighted by Gasteiger charge is -2.15. The standard InChI is InChI=1S/C15H16N4O2S/c1-10-13(4-3-5-14(10)19(20)21)11(2)16-8-12-9-18-6-7-22-15(18)17-12/h3-7,9,11,16H,8H2,1-2H3/t11-/m0/s1. The highest BCUT2D eigenvalue weighted by molar-refractivity contribution is 7.15. The number of hydrogen-bond acceptors (Lipinski definition) is 5. The third kappa shape index (κ3) is 2.72. The Bertz CT molecular complexity index is 795. The van der Waals surface area contributed by atoms with E-state index in [1.807, 2.05) is 35.2 Å². The van der Waals surface area contributed by atoms with E-state index in [1.54, 1.807) is 24.3 Å². The predicted octanol–water partition coefficient (Wildman–Crippen LogP) is 3.46. The summed E-state index contributed by atoms with van der Waals surface area (Å²) in [4.78, 5) is 16.2. The van der Waals surface area contributed by atoms with Gasteiger partial charge in [-0.05, 0) is 19.4 Å². The summed E-state index contributed by atoms with van der Waals surface area (Å²) >= 11 is 1.60. The van der Waals surface area contributed by atoms with E-state index in [-0.39, 0.29) is 16.7 Å². The molecular formula is C15H16N4O2S. The van der Waals surface area contributed by atoms with Crippen LogP contribution in [0.3, 0.4) is 0 Å². The van der Waals surface area contributed by atoms with Gasteiger partial charge in [-0.25, -0.2) is 4.98 Å². The molecule has 1 atom stereocenters. The third-order valence-corrected chi connectivity index (χ3v) is 4.51. The number of nitrogens with one attached hydrogen (secondary N) is 1. The molecule has 7 heteroatoms. The molecule has 0 radical (unpaired) electrons. The fraction of sp³-hybridized carbons (Fsp3) is 0.267. The van der Waals surface area contributed by atoms with Gasteiger partial charge in [-0.1, -0.05) is 12.1 Å². The number of imidazole rings is 1. The molecule has 2 heterocycles. The molecule has 0 amide bonds. The molecular weight excluding hydrogens is 300 g/mol. The summed E-state index contributed by atoms with van der Waals surface area (Å²) in [6, 6.07) is 5.20. The van der Waals surface area contributed by atoms with Gasteiger partial charge in [0, 0.05) is 42.0 Å². The molecule has 0 bridgehead atoms. The zero-order valence-electron chi connectivity index (χ0n) is 12.3. The molecule has 3 aromatic rings. The van der Waals surface area contributed by atoms with Crippen LogP contribution < -0.4 is 5.32 Å². The first-order chi connectivity index (χ1) is 10.6. The van der Waals surface area contributed by atoms with Gasteiger partial charge in [-0.3, -0.25) is 14.5 Å². The second-order valence-electron chi connectivity index (χ2n) is 5.18. The van der Waals surface area contributed by atoms with Crippen LogP contribution in [0.2, 0.25) is 0 Å². The van der Waals surface area contributed by atoms with Crippen molar-refractivity contribution < 1.29 is 4.92 Å². The molecule has 0 aliphatic carbocycles. The SMILES string of the molecule is Cc1c([C@H](C)NCc2cn3ccsc3n2)cccc1[N+](=O)[O-]. The Morgan fingerprint density at radius 1 is 1.50 bits per heavy atom. The van der Waals surface area contributed by atoms with Crippen molar-refractivity contribution >= 4 is 22.0 Å². The first kappa shape index (κ1) is 14.7. The van der Waals surface area contributed by atoms with Crippen LogP contribution in [0.25, 0.3) is 4.96 Å². The number of thiazole rings is 1. The molecule has 0 aliphatic heterocycles. The summed E-state index contributed by atoms with van der Waals surface area (Å²) in [7, 11) is 0. The quantitative estimate of drug-likeness (QED) is 0.578. The Morgan fingerprint density at radius 3 is 3.05 bits per heavy atom. The summed E-state index contributed by atoms with van der Waals surface area (Å²) in [6.45, 7) is 4.42. The number of benzene rings is 1. The smallest absolute Gasteiger partial charge is 0.272 e. The van der Waals surface area contributed by atoms with E-state index < -0.39 is 0 Å². The lowest BCUT2D eigenvalue weighted by Crippen LogP contribution is -2.19. The Kier molecular flexibility index (Phi) is 3.91. The second-order valence-corrected chi connectivity index (χ2v) is 6.05. The van der Waals surface area contributed by atoms with Gasteiger partial charge in [0.1, 0.15) is 0 Å². The molecule has 0 saturated heterocycles. The largest absolute Gasteiger partial charge is 0.304 e. The van der Waals surface area contributed by atoms with Crippen molar-refractivity contribution in [1.82, 2.24) is 14.7 Å².